The van der Waals surface area contributed by atoms with Crippen LogP contribution in [0.3, 0.4) is 0 Å². The van der Waals surface area contributed by atoms with Gasteiger partial charge in [0.15, 0.2) is 6.23 Å². The number of ether oxygens (including phenoxy) is 1. The van der Waals surface area contributed by atoms with Crippen molar-refractivity contribution in [2.45, 2.75) is 64.2 Å². The quantitative estimate of drug-likeness (QED) is 0.579. The van der Waals surface area contributed by atoms with Gasteiger partial charge >= 0.3 is 0 Å². The highest BCUT2D eigenvalue weighted by Crippen LogP contribution is 2.48. The monoisotopic (exact) mass is 265 g/mol. The van der Waals surface area contributed by atoms with Crippen molar-refractivity contribution in [2.24, 2.45) is 5.41 Å². The van der Waals surface area contributed by atoms with Crippen molar-refractivity contribution >= 4 is 5.91 Å². The zero-order valence-corrected chi connectivity index (χ0v) is 11.6. The molecule has 0 aromatic rings. The van der Waals surface area contributed by atoms with Gasteiger partial charge in [0.05, 0.1) is 18.1 Å². The summed E-state index contributed by atoms with van der Waals surface area (Å²) in [6.07, 6.45) is 11.1. The number of unbranched alkanes of at least 4 members (excludes halogenated alkanes) is 1. The first-order valence-corrected chi connectivity index (χ1v) is 7.58. The Hall–Kier alpha value is -0.870. The highest BCUT2D eigenvalue weighted by atomic mass is 16.7. The molecule has 3 aliphatic rings. The van der Waals surface area contributed by atoms with Crippen molar-refractivity contribution < 1.29 is 14.4 Å². The number of fused-ring (bicyclic) bond motifs is 3. The number of carbonyl (C=O) groups excluding carboxylic acids is 1. The number of hydrogen-bond donors (Lipinski definition) is 0. The summed E-state index contributed by atoms with van der Waals surface area (Å²) in [6.45, 7) is 2.71. The fourth-order valence-electron chi connectivity index (χ4n) is 3.46. The summed E-state index contributed by atoms with van der Waals surface area (Å²) < 4.78 is 5.97. The Morgan fingerprint density at radius 2 is 2.16 bits per heavy atom. The van der Waals surface area contributed by atoms with Crippen LogP contribution in [-0.4, -0.2) is 29.9 Å². The molecule has 0 radical (unpaired) electrons. The first kappa shape index (κ1) is 13.1. The van der Waals surface area contributed by atoms with E-state index in [2.05, 4.69) is 13.0 Å². The molecular weight excluding hydrogens is 242 g/mol. The summed E-state index contributed by atoms with van der Waals surface area (Å²) in [5.74, 6) is 0.148. The van der Waals surface area contributed by atoms with Crippen LogP contribution in [0.15, 0.2) is 12.2 Å². The smallest absolute Gasteiger partial charge is 0.258 e. The predicted molar refractivity (Wildman–Crippen MR) is 71.0 cm³/mol. The van der Waals surface area contributed by atoms with Crippen molar-refractivity contribution in [2.75, 3.05) is 6.61 Å². The zero-order chi connectivity index (χ0) is 13.3. The van der Waals surface area contributed by atoms with Crippen LogP contribution in [-0.2, 0) is 14.4 Å². The van der Waals surface area contributed by atoms with E-state index in [1.54, 1.807) is 0 Å². The molecule has 3 rings (SSSR count). The SMILES string of the molecule is CCCCON1C(=O)C2(CCCCC2)C2C=CC1O2. The van der Waals surface area contributed by atoms with Crippen molar-refractivity contribution in [1.82, 2.24) is 5.06 Å². The van der Waals surface area contributed by atoms with Crippen LogP contribution in [0.4, 0.5) is 0 Å². The summed E-state index contributed by atoms with van der Waals surface area (Å²) in [6, 6.07) is 0. The average molecular weight is 265 g/mol. The van der Waals surface area contributed by atoms with Crippen LogP contribution in [0.1, 0.15) is 51.9 Å². The van der Waals surface area contributed by atoms with Crippen LogP contribution >= 0.6 is 0 Å². The summed E-state index contributed by atoms with van der Waals surface area (Å²) in [7, 11) is 0. The van der Waals surface area contributed by atoms with Crippen LogP contribution in [0.5, 0.6) is 0 Å². The molecule has 1 saturated carbocycles. The maximum atomic E-state index is 12.8. The Kier molecular flexibility index (Phi) is 3.63. The second kappa shape index (κ2) is 5.25. The van der Waals surface area contributed by atoms with Crippen molar-refractivity contribution in [3.8, 4) is 0 Å². The van der Waals surface area contributed by atoms with Crippen LogP contribution in [0.25, 0.3) is 0 Å². The summed E-state index contributed by atoms with van der Waals surface area (Å²) in [5.41, 5.74) is -0.353. The fraction of sp³-hybridized carbons (Fsp3) is 0.800. The number of amides is 1. The number of carbonyl (C=O) groups is 1. The molecule has 2 unspecified atom stereocenters. The largest absolute Gasteiger partial charge is 0.344 e. The molecule has 0 N–H and O–H groups in total. The van der Waals surface area contributed by atoms with Gasteiger partial charge in [0.2, 0.25) is 0 Å². The van der Waals surface area contributed by atoms with E-state index in [1.165, 1.54) is 11.5 Å². The minimum Gasteiger partial charge on any atom is -0.344 e. The van der Waals surface area contributed by atoms with Gasteiger partial charge in [-0.25, -0.2) is 0 Å². The standard InChI is InChI=1S/C15H23NO3/c1-2-3-11-18-16-13-8-7-12(19-13)15(14(16)17)9-5-4-6-10-15/h7-8,12-13H,2-6,9-11H2,1H3. The third kappa shape index (κ3) is 2.11. The van der Waals surface area contributed by atoms with Gasteiger partial charge in [-0.3, -0.25) is 9.63 Å². The molecule has 2 atom stereocenters. The molecule has 0 aromatic heterocycles. The Morgan fingerprint density at radius 3 is 2.89 bits per heavy atom. The predicted octanol–water partition coefficient (Wildman–Crippen LogP) is 2.79. The van der Waals surface area contributed by atoms with Gasteiger partial charge in [0.25, 0.3) is 5.91 Å². The maximum absolute atomic E-state index is 12.8. The molecule has 0 aromatic carbocycles. The minimum absolute atomic E-state index is 0.0312. The minimum atomic E-state index is -0.353. The van der Waals surface area contributed by atoms with Crippen LogP contribution in [0, 0.1) is 5.41 Å². The van der Waals surface area contributed by atoms with Gasteiger partial charge in [0.1, 0.15) is 0 Å². The first-order chi connectivity index (χ1) is 9.28. The van der Waals surface area contributed by atoms with Gasteiger partial charge in [-0.15, -0.1) is 0 Å². The molecule has 1 amide bonds. The zero-order valence-electron chi connectivity index (χ0n) is 11.6. The highest BCUT2D eigenvalue weighted by Gasteiger charge is 2.56. The average Bonchev–Trinajstić information content (AvgIpc) is 2.90. The molecule has 19 heavy (non-hydrogen) atoms. The summed E-state index contributed by atoms with van der Waals surface area (Å²) >= 11 is 0. The molecular formula is C15H23NO3. The first-order valence-electron chi connectivity index (χ1n) is 7.58. The van der Waals surface area contributed by atoms with E-state index in [1.807, 2.05) is 6.08 Å². The molecule has 4 nitrogen and oxygen atoms in total. The molecule has 1 aliphatic carbocycles. The molecule has 2 bridgehead atoms. The Morgan fingerprint density at radius 1 is 1.37 bits per heavy atom. The summed E-state index contributed by atoms with van der Waals surface area (Å²) in [4.78, 5) is 18.5. The van der Waals surface area contributed by atoms with Gasteiger partial charge < -0.3 is 4.74 Å². The topological polar surface area (TPSA) is 38.8 Å². The molecule has 2 heterocycles. The Bertz CT molecular complexity index is 374. The molecule has 106 valence electrons. The van der Waals surface area contributed by atoms with Crippen LogP contribution in [0.2, 0.25) is 0 Å². The van der Waals surface area contributed by atoms with Gasteiger partial charge in [-0.2, -0.15) is 5.06 Å². The molecule has 2 aliphatic heterocycles. The lowest BCUT2D eigenvalue weighted by molar-refractivity contribution is -0.275. The lowest BCUT2D eigenvalue weighted by Crippen LogP contribution is -2.58. The van der Waals surface area contributed by atoms with E-state index in [4.69, 9.17) is 9.57 Å². The number of nitrogens with zero attached hydrogens (tertiary/aromatic N) is 1. The lowest BCUT2D eigenvalue weighted by Gasteiger charge is -2.47. The molecule has 1 saturated heterocycles. The van der Waals surface area contributed by atoms with Crippen molar-refractivity contribution in [3.63, 3.8) is 0 Å². The third-order valence-electron chi connectivity index (χ3n) is 4.61. The highest BCUT2D eigenvalue weighted by molar-refractivity contribution is 5.84. The number of hydrogen-bond acceptors (Lipinski definition) is 3. The van der Waals surface area contributed by atoms with E-state index in [0.29, 0.717) is 6.61 Å². The molecule has 2 fully saturated rings. The second-order valence-corrected chi connectivity index (χ2v) is 5.87. The second-order valence-electron chi connectivity index (χ2n) is 5.87. The van der Waals surface area contributed by atoms with Gasteiger partial charge in [-0.05, 0) is 25.3 Å². The third-order valence-corrected chi connectivity index (χ3v) is 4.61. The summed E-state index contributed by atoms with van der Waals surface area (Å²) in [5, 5.41) is 1.50. The van der Waals surface area contributed by atoms with E-state index in [0.717, 1.165) is 38.5 Å². The molecule has 4 heteroatoms. The van der Waals surface area contributed by atoms with Crippen molar-refractivity contribution in [1.29, 1.82) is 0 Å². The Labute approximate surface area is 114 Å². The van der Waals surface area contributed by atoms with E-state index >= 15 is 0 Å². The van der Waals surface area contributed by atoms with Gasteiger partial charge in [0, 0.05) is 0 Å². The fourth-order valence-corrected chi connectivity index (χ4v) is 3.46. The van der Waals surface area contributed by atoms with Crippen molar-refractivity contribution in [3.05, 3.63) is 12.2 Å². The normalized spacial score (nSPS) is 32.3. The van der Waals surface area contributed by atoms with Crippen LogP contribution < -0.4 is 0 Å². The number of hydroxylamine groups is 2. The molecule has 1 spiro atoms. The van der Waals surface area contributed by atoms with E-state index in [-0.39, 0.29) is 23.7 Å². The van der Waals surface area contributed by atoms with E-state index in [9.17, 15) is 4.79 Å². The maximum Gasteiger partial charge on any atom is 0.258 e. The van der Waals surface area contributed by atoms with E-state index < -0.39 is 0 Å². The Balaban J connectivity index is 1.78. The lowest BCUT2D eigenvalue weighted by atomic mass is 9.69. The number of rotatable bonds is 4. The van der Waals surface area contributed by atoms with Gasteiger partial charge in [-0.1, -0.05) is 38.7 Å².